The molecule has 3 rings (SSSR count). The standard InChI is InChI=1S/C15H14F5N3/c16-14(17)6-9(21)7-23(8-14)12-4-3-11(15(18,19)20)13-10(12)2-1-5-22-13/h1-5,9H,6-8,21H2. The van der Waals surface area contributed by atoms with Gasteiger partial charge in [0.05, 0.1) is 17.6 Å². The van der Waals surface area contributed by atoms with Gasteiger partial charge >= 0.3 is 6.18 Å². The van der Waals surface area contributed by atoms with Crippen molar-refractivity contribution in [2.45, 2.75) is 24.6 Å². The van der Waals surface area contributed by atoms with Crippen molar-refractivity contribution >= 4 is 16.6 Å². The van der Waals surface area contributed by atoms with Crippen LogP contribution in [-0.2, 0) is 6.18 Å². The second kappa shape index (κ2) is 5.30. The Labute approximate surface area is 128 Å². The van der Waals surface area contributed by atoms with Crippen molar-refractivity contribution in [2.24, 2.45) is 5.73 Å². The van der Waals surface area contributed by atoms with Crippen molar-refractivity contribution in [1.82, 2.24) is 4.98 Å². The molecule has 0 amide bonds. The van der Waals surface area contributed by atoms with Gasteiger partial charge in [-0.25, -0.2) is 8.78 Å². The van der Waals surface area contributed by atoms with Crippen molar-refractivity contribution in [3.8, 4) is 0 Å². The van der Waals surface area contributed by atoms with Crippen LogP contribution in [0.5, 0.6) is 0 Å². The van der Waals surface area contributed by atoms with Crippen LogP contribution >= 0.6 is 0 Å². The fourth-order valence-electron chi connectivity index (χ4n) is 2.99. The van der Waals surface area contributed by atoms with E-state index in [-0.39, 0.29) is 23.1 Å². The van der Waals surface area contributed by atoms with Gasteiger partial charge in [-0.1, -0.05) is 0 Å². The van der Waals surface area contributed by atoms with Crippen LogP contribution in [0.2, 0.25) is 0 Å². The number of rotatable bonds is 1. The van der Waals surface area contributed by atoms with Crippen LogP contribution in [0.4, 0.5) is 27.6 Å². The van der Waals surface area contributed by atoms with E-state index in [0.29, 0.717) is 0 Å². The first kappa shape index (κ1) is 15.9. The highest BCUT2D eigenvalue weighted by Crippen LogP contribution is 2.39. The second-order valence-corrected chi connectivity index (χ2v) is 5.73. The van der Waals surface area contributed by atoms with Gasteiger partial charge in [-0.05, 0) is 24.3 Å². The smallest absolute Gasteiger partial charge is 0.363 e. The predicted octanol–water partition coefficient (Wildman–Crippen LogP) is 3.43. The monoisotopic (exact) mass is 331 g/mol. The zero-order valence-electron chi connectivity index (χ0n) is 11.9. The number of benzene rings is 1. The second-order valence-electron chi connectivity index (χ2n) is 5.73. The van der Waals surface area contributed by atoms with E-state index in [1.807, 2.05) is 0 Å². The lowest BCUT2D eigenvalue weighted by atomic mass is 10.00. The van der Waals surface area contributed by atoms with Gasteiger partial charge in [0.2, 0.25) is 0 Å². The van der Waals surface area contributed by atoms with Crippen LogP contribution in [0.1, 0.15) is 12.0 Å². The molecule has 2 heterocycles. The number of anilines is 1. The van der Waals surface area contributed by atoms with Crippen LogP contribution in [-0.4, -0.2) is 30.0 Å². The average Bonchev–Trinajstić information content (AvgIpc) is 2.42. The van der Waals surface area contributed by atoms with E-state index in [0.717, 1.165) is 6.07 Å². The normalized spacial score (nSPS) is 21.7. The number of hydrogen-bond donors (Lipinski definition) is 1. The minimum absolute atomic E-state index is 0.158. The van der Waals surface area contributed by atoms with Crippen LogP contribution in [0, 0.1) is 0 Å². The molecule has 1 aliphatic heterocycles. The van der Waals surface area contributed by atoms with Crippen LogP contribution in [0.15, 0.2) is 30.5 Å². The molecule has 0 aliphatic carbocycles. The quantitative estimate of drug-likeness (QED) is 0.814. The fourth-order valence-corrected chi connectivity index (χ4v) is 2.99. The van der Waals surface area contributed by atoms with Crippen molar-refractivity contribution in [2.75, 3.05) is 18.0 Å². The summed E-state index contributed by atoms with van der Waals surface area (Å²) in [6.45, 7) is -0.416. The van der Waals surface area contributed by atoms with Gasteiger partial charge in [0.15, 0.2) is 0 Å². The number of nitrogens with zero attached hydrogens (tertiary/aromatic N) is 2. The zero-order chi connectivity index (χ0) is 16.8. The molecule has 2 aromatic rings. The summed E-state index contributed by atoms with van der Waals surface area (Å²) in [4.78, 5) is 5.12. The number of aromatic nitrogens is 1. The fraction of sp³-hybridized carbons (Fsp3) is 0.400. The molecule has 0 saturated carbocycles. The van der Waals surface area contributed by atoms with E-state index >= 15 is 0 Å². The first-order chi connectivity index (χ1) is 10.7. The van der Waals surface area contributed by atoms with E-state index in [1.54, 1.807) is 0 Å². The predicted molar refractivity (Wildman–Crippen MR) is 76.5 cm³/mol. The van der Waals surface area contributed by atoms with Gasteiger partial charge in [0, 0.05) is 36.3 Å². The van der Waals surface area contributed by atoms with Gasteiger partial charge in [-0.15, -0.1) is 0 Å². The summed E-state index contributed by atoms with van der Waals surface area (Å²) in [7, 11) is 0. The van der Waals surface area contributed by atoms with Crippen molar-refractivity contribution < 1.29 is 22.0 Å². The first-order valence-corrected chi connectivity index (χ1v) is 7.01. The maximum Gasteiger partial charge on any atom is 0.418 e. The molecule has 2 N–H and O–H groups in total. The Bertz CT molecular complexity index is 729. The molecule has 3 nitrogen and oxygen atoms in total. The number of halogens is 5. The molecule has 1 unspecified atom stereocenters. The third kappa shape index (κ3) is 3.08. The first-order valence-electron chi connectivity index (χ1n) is 7.01. The van der Waals surface area contributed by atoms with Crippen LogP contribution < -0.4 is 10.6 Å². The average molecular weight is 331 g/mol. The molecule has 8 heteroatoms. The van der Waals surface area contributed by atoms with Gasteiger partial charge in [0.25, 0.3) is 5.92 Å². The SMILES string of the molecule is NC1CN(c2ccc(C(F)(F)F)c3ncccc23)CC(F)(F)C1. The third-order valence-corrected chi connectivity index (χ3v) is 3.83. The summed E-state index contributed by atoms with van der Waals surface area (Å²) in [5.41, 5.74) is 4.82. The molecule has 0 spiro atoms. The summed E-state index contributed by atoms with van der Waals surface area (Å²) < 4.78 is 66.7. The van der Waals surface area contributed by atoms with Gasteiger partial charge in [-0.3, -0.25) is 4.98 Å². The number of fused-ring (bicyclic) bond motifs is 1. The number of pyridine rings is 1. The molecule has 1 aliphatic rings. The largest absolute Gasteiger partial charge is 0.418 e. The summed E-state index contributed by atoms with van der Waals surface area (Å²) in [5.74, 6) is -2.98. The Hall–Kier alpha value is -1.96. The Morgan fingerprint density at radius 3 is 2.61 bits per heavy atom. The molecule has 0 radical (unpaired) electrons. The molecule has 1 aromatic heterocycles. The summed E-state index contributed by atoms with van der Waals surface area (Å²) in [6, 6.07) is 4.27. The van der Waals surface area contributed by atoms with Crippen LogP contribution in [0.25, 0.3) is 10.9 Å². The maximum atomic E-state index is 13.7. The van der Waals surface area contributed by atoms with Crippen molar-refractivity contribution in [3.63, 3.8) is 0 Å². The lowest BCUT2D eigenvalue weighted by Gasteiger charge is -2.38. The molecule has 23 heavy (non-hydrogen) atoms. The Kier molecular flexibility index (Phi) is 3.66. The van der Waals surface area contributed by atoms with E-state index in [4.69, 9.17) is 5.73 Å². The molecule has 0 bridgehead atoms. The van der Waals surface area contributed by atoms with Crippen LogP contribution in [0.3, 0.4) is 0 Å². The summed E-state index contributed by atoms with van der Waals surface area (Å²) in [6.07, 6.45) is -3.74. The molecule has 124 valence electrons. The van der Waals surface area contributed by atoms with Crippen molar-refractivity contribution in [1.29, 1.82) is 0 Å². The summed E-state index contributed by atoms with van der Waals surface area (Å²) in [5, 5.41) is 0.187. The van der Waals surface area contributed by atoms with E-state index in [1.165, 1.54) is 29.3 Å². The molecule has 1 fully saturated rings. The molecular formula is C15H14F5N3. The third-order valence-electron chi connectivity index (χ3n) is 3.83. The highest BCUT2D eigenvalue weighted by atomic mass is 19.4. The Balaban J connectivity index is 2.13. The van der Waals surface area contributed by atoms with E-state index in [9.17, 15) is 22.0 Å². The number of alkyl halides is 5. The van der Waals surface area contributed by atoms with E-state index < -0.39 is 36.7 Å². The Morgan fingerprint density at radius 1 is 1.22 bits per heavy atom. The lowest BCUT2D eigenvalue weighted by Crippen LogP contribution is -2.52. The van der Waals surface area contributed by atoms with Gasteiger partial charge < -0.3 is 10.6 Å². The van der Waals surface area contributed by atoms with E-state index in [2.05, 4.69) is 4.98 Å². The molecular weight excluding hydrogens is 317 g/mol. The minimum Gasteiger partial charge on any atom is -0.363 e. The Morgan fingerprint density at radius 2 is 1.96 bits per heavy atom. The minimum atomic E-state index is -4.56. The zero-order valence-corrected chi connectivity index (χ0v) is 11.9. The summed E-state index contributed by atoms with van der Waals surface area (Å²) >= 11 is 0. The van der Waals surface area contributed by atoms with Gasteiger partial charge in [0.1, 0.15) is 0 Å². The van der Waals surface area contributed by atoms with Crippen molar-refractivity contribution in [3.05, 3.63) is 36.0 Å². The maximum absolute atomic E-state index is 13.7. The number of nitrogens with two attached hydrogens (primary N) is 1. The number of piperidine rings is 1. The highest BCUT2D eigenvalue weighted by Gasteiger charge is 2.40. The van der Waals surface area contributed by atoms with Gasteiger partial charge in [-0.2, -0.15) is 13.2 Å². The molecule has 1 atom stereocenters. The molecule has 1 aromatic carbocycles. The topological polar surface area (TPSA) is 42.1 Å². The number of hydrogen-bond acceptors (Lipinski definition) is 3. The lowest BCUT2D eigenvalue weighted by molar-refractivity contribution is -0.136. The molecule has 1 saturated heterocycles. The highest BCUT2D eigenvalue weighted by molar-refractivity contribution is 5.94.